The quantitative estimate of drug-likeness (QED) is 0.501. The zero-order valence-electron chi connectivity index (χ0n) is 15.9. The van der Waals surface area contributed by atoms with Gasteiger partial charge in [0.15, 0.2) is 23.2 Å². The summed E-state index contributed by atoms with van der Waals surface area (Å²) >= 11 is 1.34. The number of ether oxygens (including phenoxy) is 3. The molecule has 1 aliphatic rings. The second-order valence-electron chi connectivity index (χ2n) is 6.73. The molecule has 0 spiro atoms. The number of nitrogens with zero attached hydrogens (tertiary/aromatic N) is 1. The summed E-state index contributed by atoms with van der Waals surface area (Å²) in [4.78, 5) is 28.3. The van der Waals surface area contributed by atoms with Crippen LogP contribution in [-0.4, -0.2) is 30.7 Å². The fourth-order valence-electron chi connectivity index (χ4n) is 3.22. The van der Waals surface area contributed by atoms with Crippen LogP contribution in [0.3, 0.4) is 0 Å². The number of rotatable bonds is 4. The summed E-state index contributed by atoms with van der Waals surface area (Å²) in [5.41, 5.74) is 1.53. The fraction of sp³-hybridized carbons (Fsp3) is 0.190. The highest BCUT2D eigenvalue weighted by Gasteiger charge is 2.16. The van der Waals surface area contributed by atoms with Crippen LogP contribution >= 0.6 is 11.3 Å². The highest BCUT2D eigenvalue weighted by atomic mass is 32.1. The Labute approximate surface area is 174 Å². The highest BCUT2D eigenvalue weighted by Crippen LogP contribution is 2.37. The van der Waals surface area contributed by atoms with Crippen molar-refractivity contribution in [2.45, 2.75) is 6.92 Å². The largest absolute Gasteiger partial charge is 0.486 e. The molecule has 0 bridgehead atoms. The summed E-state index contributed by atoms with van der Waals surface area (Å²) in [6.45, 7) is 2.64. The standard InChI is InChI=1S/C21H16N2O6S/c1-11-6-20(25)29-15-7-12(2-3-13(11)15)28-10-19(24)23-21-22-14-8-16-17(9-18(14)30-21)27-5-4-26-16/h2-3,6-9H,4-5,10H2,1H3,(H,22,23,24). The number of hydrogen-bond donors (Lipinski definition) is 1. The third-order valence-corrected chi connectivity index (χ3v) is 5.53. The molecule has 1 N–H and O–H groups in total. The predicted octanol–water partition coefficient (Wildman–Crippen LogP) is 3.50. The number of amides is 1. The van der Waals surface area contributed by atoms with Gasteiger partial charge in [0.2, 0.25) is 0 Å². The van der Waals surface area contributed by atoms with Gasteiger partial charge in [-0.25, -0.2) is 9.78 Å². The minimum Gasteiger partial charge on any atom is -0.486 e. The van der Waals surface area contributed by atoms with E-state index < -0.39 is 5.63 Å². The first-order valence-corrected chi connectivity index (χ1v) is 10.0. The number of fused-ring (bicyclic) bond motifs is 3. The molecule has 1 aliphatic heterocycles. The predicted molar refractivity (Wildman–Crippen MR) is 112 cm³/mol. The molecule has 9 heteroatoms. The zero-order valence-corrected chi connectivity index (χ0v) is 16.7. The van der Waals surface area contributed by atoms with Gasteiger partial charge in [0, 0.05) is 29.7 Å². The van der Waals surface area contributed by atoms with E-state index in [1.54, 1.807) is 24.3 Å². The Balaban J connectivity index is 1.28. The zero-order chi connectivity index (χ0) is 20.7. The van der Waals surface area contributed by atoms with Gasteiger partial charge in [0.1, 0.15) is 24.5 Å². The molecule has 0 atom stereocenters. The van der Waals surface area contributed by atoms with E-state index >= 15 is 0 Å². The summed E-state index contributed by atoms with van der Waals surface area (Å²) in [6, 6.07) is 10.2. The first-order valence-electron chi connectivity index (χ1n) is 9.22. The second-order valence-corrected chi connectivity index (χ2v) is 7.76. The van der Waals surface area contributed by atoms with Crippen LogP contribution in [0.15, 0.2) is 45.6 Å². The molecule has 8 nitrogen and oxygen atoms in total. The lowest BCUT2D eigenvalue weighted by molar-refractivity contribution is -0.118. The van der Waals surface area contributed by atoms with Gasteiger partial charge in [0.25, 0.3) is 5.91 Å². The molecule has 0 saturated heterocycles. The van der Waals surface area contributed by atoms with Crippen molar-refractivity contribution >= 4 is 43.6 Å². The number of aryl methyl sites for hydroxylation is 1. The Hall–Kier alpha value is -3.59. The summed E-state index contributed by atoms with van der Waals surface area (Å²) in [5.74, 6) is 1.41. The van der Waals surface area contributed by atoms with Crippen LogP contribution in [-0.2, 0) is 4.79 Å². The van der Waals surface area contributed by atoms with Gasteiger partial charge in [0.05, 0.1) is 10.2 Å². The van der Waals surface area contributed by atoms with E-state index in [2.05, 4.69) is 10.3 Å². The van der Waals surface area contributed by atoms with Crippen molar-refractivity contribution in [2.24, 2.45) is 0 Å². The molecule has 0 unspecified atom stereocenters. The van der Waals surface area contributed by atoms with Crippen molar-refractivity contribution in [3.05, 3.63) is 52.4 Å². The molecule has 2 aromatic carbocycles. The summed E-state index contributed by atoms with van der Waals surface area (Å²) < 4.78 is 22.8. The third kappa shape index (κ3) is 3.55. The van der Waals surface area contributed by atoms with E-state index in [1.165, 1.54) is 17.4 Å². The Morgan fingerprint density at radius 3 is 2.80 bits per heavy atom. The lowest BCUT2D eigenvalue weighted by atomic mass is 10.1. The van der Waals surface area contributed by atoms with E-state index in [0.29, 0.717) is 41.2 Å². The topological polar surface area (TPSA) is 99.9 Å². The maximum Gasteiger partial charge on any atom is 0.336 e. The molecule has 2 aromatic heterocycles. The molecule has 5 rings (SSSR count). The Kier molecular flexibility index (Phi) is 4.51. The van der Waals surface area contributed by atoms with Crippen molar-refractivity contribution in [2.75, 3.05) is 25.1 Å². The molecular formula is C21H16N2O6S. The van der Waals surface area contributed by atoms with Crippen LogP contribution in [0.25, 0.3) is 21.2 Å². The number of carbonyl (C=O) groups excluding carboxylic acids is 1. The second kappa shape index (κ2) is 7.34. The molecular weight excluding hydrogens is 408 g/mol. The van der Waals surface area contributed by atoms with Gasteiger partial charge >= 0.3 is 5.63 Å². The van der Waals surface area contributed by atoms with Gasteiger partial charge in [-0.05, 0) is 24.6 Å². The molecule has 1 amide bonds. The average molecular weight is 424 g/mol. The maximum absolute atomic E-state index is 12.3. The SMILES string of the molecule is Cc1cc(=O)oc2cc(OCC(=O)Nc3nc4cc5c(cc4s3)OCCO5)ccc12. The van der Waals surface area contributed by atoms with Crippen LogP contribution < -0.4 is 25.2 Å². The first-order chi connectivity index (χ1) is 14.5. The number of benzene rings is 2. The molecule has 0 fully saturated rings. The minimum atomic E-state index is -0.428. The van der Waals surface area contributed by atoms with Crippen molar-refractivity contribution in [3.8, 4) is 17.2 Å². The number of hydrogen-bond acceptors (Lipinski definition) is 8. The van der Waals surface area contributed by atoms with Crippen LogP contribution in [0.2, 0.25) is 0 Å². The summed E-state index contributed by atoms with van der Waals surface area (Å²) in [6.07, 6.45) is 0. The van der Waals surface area contributed by atoms with Crippen molar-refractivity contribution in [3.63, 3.8) is 0 Å². The van der Waals surface area contributed by atoms with Gasteiger partial charge < -0.3 is 18.6 Å². The smallest absolute Gasteiger partial charge is 0.336 e. The highest BCUT2D eigenvalue weighted by molar-refractivity contribution is 7.22. The fourth-order valence-corrected chi connectivity index (χ4v) is 4.11. The Morgan fingerprint density at radius 1 is 1.17 bits per heavy atom. The summed E-state index contributed by atoms with van der Waals surface area (Å²) in [5, 5.41) is 4.01. The number of thiazole rings is 1. The number of anilines is 1. The molecule has 30 heavy (non-hydrogen) atoms. The van der Waals surface area contributed by atoms with E-state index in [-0.39, 0.29) is 12.5 Å². The van der Waals surface area contributed by atoms with Gasteiger partial charge in [-0.1, -0.05) is 11.3 Å². The molecule has 0 radical (unpaired) electrons. The maximum atomic E-state index is 12.3. The molecule has 4 aromatic rings. The van der Waals surface area contributed by atoms with Crippen LogP contribution in [0.1, 0.15) is 5.56 Å². The van der Waals surface area contributed by atoms with Gasteiger partial charge in [-0.2, -0.15) is 0 Å². The first kappa shape index (κ1) is 18.4. The molecule has 3 heterocycles. The lowest BCUT2D eigenvalue weighted by Gasteiger charge is -2.17. The van der Waals surface area contributed by atoms with Crippen molar-refractivity contribution in [1.82, 2.24) is 4.98 Å². The van der Waals surface area contributed by atoms with Gasteiger partial charge in [-0.15, -0.1) is 0 Å². The molecule has 152 valence electrons. The number of aromatic nitrogens is 1. The molecule has 0 saturated carbocycles. The number of nitrogens with one attached hydrogen (secondary N) is 1. The van der Waals surface area contributed by atoms with Crippen molar-refractivity contribution < 1.29 is 23.4 Å². The van der Waals surface area contributed by atoms with Crippen molar-refractivity contribution in [1.29, 1.82) is 0 Å². The summed E-state index contributed by atoms with van der Waals surface area (Å²) in [7, 11) is 0. The minimum absolute atomic E-state index is 0.208. The Morgan fingerprint density at radius 2 is 1.97 bits per heavy atom. The Bertz CT molecular complexity index is 1300. The average Bonchev–Trinajstić information content (AvgIpc) is 3.10. The third-order valence-electron chi connectivity index (χ3n) is 4.59. The van der Waals surface area contributed by atoms with Crippen LogP contribution in [0, 0.1) is 6.92 Å². The van der Waals surface area contributed by atoms with Gasteiger partial charge in [-0.3, -0.25) is 10.1 Å². The number of carbonyl (C=O) groups is 1. The van der Waals surface area contributed by atoms with E-state index in [0.717, 1.165) is 21.2 Å². The lowest BCUT2D eigenvalue weighted by Crippen LogP contribution is -2.20. The molecule has 0 aliphatic carbocycles. The van der Waals surface area contributed by atoms with Crippen LogP contribution in [0.5, 0.6) is 17.2 Å². The van der Waals surface area contributed by atoms with E-state index in [4.69, 9.17) is 18.6 Å². The van der Waals surface area contributed by atoms with E-state index in [9.17, 15) is 9.59 Å². The monoisotopic (exact) mass is 424 g/mol. The normalized spacial score (nSPS) is 12.8. The van der Waals surface area contributed by atoms with Crippen LogP contribution in [0.4, 0.5) is 5.13 Å². The van der Waals surface area contributed by atoms with E-state index in [1.807, 2.05) is 13.0 Å².